The first-order valence-corrected chi connectivity index (χ1v) is 26.2. The molecule has 0 saturated carbocycles. The fourth-order valence-corrected chi connectivity index (χ4v) is 10.6. The zero-order chi connectivity index (χ0) is 51.9. The minimum atomic E-state index is -0.516. The van der Waals surface area contributed by atoms with Crippen molar-refractivity contribution in [3.05, 3.63) is 162 Å². The van der Waals surface area contributed by atoms with Crippen molar-refractivity contribution in [2.24, 2.45) is 0 Å². The smallest absolute Gasteiger partial charge is 0.399 e. The Hall–Kier alpha value is -6.54. The zero-order valence-corrected chi connectivity index (χ0v) is 46.0. The second-order valence-electron chi connectivity index (χ2n) is 25.9. The predicted octanol–water partition coefficient (Wildman–Crippen LogP) is 16.6. The Morgan fingerprint density at radius 3 is 1.00 bits per heavy atom. The van der Waals surface area contributed by atoms with E-state index in [0.717, 1.165) is 50.4 Å². The molecular weight excluding hydrogens is 892 g/mol. The lowest BCUT2D eigenvalue weighted by Crippen LogP contribution is -2.41. The van der Waals surface area contributed by atoms with Gasteiger partial charge in [0.1, 0.15) is 0 Å². The molecule has 1 aliphatic heterocycles. The second-order valence-corrected chi connectivity index (χ2v) is 25.9. The van der Waals surface area contributed by atoms with Gasteiger partial charge in [-0.3, -0.25) is 0 Å². The summed E-state index contributed by atoms with van der Waals surface area (Å²) >= 11 is 0. The highest BCUT2D eigenvalue weighted by Crippen LogP contribution is 2.42. The van der Waals surface area contributed by atoms with E-state index in [0.29, 0.717) is 0 Å². The van der Waals surface area contributed by atoms with E-state index in [2.05, 4.69) is 259 Å². The summed E-state index contributed by atoms with van der Waals surface area (Å²) in [5.41, 5.74) is 17.5. The van der Waals surface area contributed by atoms with Gasteiger partial charge in [0.2, 0.25) is 0 Å². The molecule has 1 fully saturated rings. The van der Waals surface area contributed by atoms with E-state index in [-0.39, 0.29) is 21.7 Å². The number of rotatable bonds is 5. The maximum atomic E-state index is 6.52. The Morgan fingerprint density at radius 2 is 0.685 bits per heavy atom. The summed E-state index contributed by atoms with van der Waals surface area (Å²) in [6.45, 7) is 35.9. The number of hydrogen-bond donors (Lipinski definition) is 0. The molecule has 1 aliphatic rings. The van der Waals surface area contributed by atoms with Crippen molar-refractivity contribution in [1.82, 2.24) is 19.1 Å². The second kappa shape index (κ2) is 16.5. The summed E-state index contributed by atoms with van der Waals surface area (Å²) in [5, 5.41) is 5.08. The molecule has 0 spiro atoms. The first kappa shape index (κ1) is 48.7. The van der Waals surface area contributed by atoms with Crippen LogP contribution in [0, 0.1) is 0 Å². The van der Waals surface area contributed by atoms with Crippen LogP contribution < -0.4 is 5.46 Å². The molecule has 0 atom stereocenters. The van der Waals surface area contributed by atoms with E-state index in [1.165, 1.54) is 65.9 Å². The molecule has 73 heavy (non-hydrogen) atoms. The molecule has 7 aromatic carbocycles. The van der Waals surface area contributed by atoms with Crippen LogP contribution in [-0.2, 0) is 31.0 Å². The van der Waals surface area contributed by atoms with Gasteiger partial charge in [-0.1, -0.05) is 138 Å². The van der Waals surface area contributed by atoms with E-state index in [1.807, 2.05) is 0 Å². The van der Waals surface area contributed by atoms with Gasteiger partial charge in [0.25, 0.3) is 0 Å². The van der Waals surface area contributed by atoms with Crippen molar-refractivity contribution >= 4 is 67.2 Å². The molecular formula is C66H71BN4O2. The highest BCUT2D eigenvalue weighted by Gasteiger charge is 2.51. The molecule has 0 aliphatic carbocycles. The van der Waals surface area contributed by atoms with Crippen LogP contribution in [0.25, 0.3) is 88.5 Å². The summed E-state index contributed by atoms with van der Waals surface area (Å²) in [6.07, 6.45) is 0. The fourth-order valence-electron chi connectivity index (χ4n) is 10.6. The summed E-state index contributed by atoms with van der Waals surface area (Å²) in [4.78, 5) is 11.0. The number of hydrogen-bond acceptors (Lipinski definition) is 4. The third-order valence-electron chi connectivity index (χ3n) is 16.0. The van der Waals surface area contributed by atoms with Crippen LogP contribution in [0.1, 0.15) is 133 Å². The molecule has 0 radical (unpaired) electrons. The van der Waals surface area contributed by atoms with Gasteiger partial charge in [-0.2, -0.15) is 0 Å². The maximum absolute atomic E-state index is 6.52. The van der Waals surface area contributed by atoms with Gasteiger partial charge in [-0.05, 0) is 162 Å². The van der Waals surface area contributed by atoms with E-state index in [4.69, 9.17) is 19.3 Å². The van der Waals surface area contributed by atoms with Crippen LogP contribution in [0.5, 0.6) is 0 Å². The Labute approximate surface area is 432 Å². The van der Waals surface area contributed by atoms with Gasteiger partial charge in [0, 0.05) is 44.0 Å². The molecule has 370 valence electrons. The molecule has 4 heterocycles. The van der Waals surface area contributed by atoms with Gasteiger partial charge in [0.05, 0.1) is 55.7 Å². The van der Waals surface area contributed by atoms with Crippen molar-refractivity contribution in [2.75, 3.05) is 0 Å². The summed E-state index contributed by atoms with van der Waals surface area (Å²) in [5.74, 6) is 0. The quantitative estimate of drug-likeness (QED) is 0.161. The third-order valence-corrected chi connectivity index (χ3v) is 16.0. The molecule has 0 unspecified atom stereocenters. The van der Waals surface area contributed by atoms with Crippen LogP contribution >= 0.6 is 0 Å². The zero-order valence-electron chi connectivity index (χ0n) is 46.0. The molecule has 11 rings (SSSR count). The monoisotopic (exact) mass is 963 g/mol. The summed E-state index contributed by atoms with van der Waals surface area (Å²) < 4.78 is 17.9. The Bertz CT molecular complexity index is 3670. The topological polar surface area (TPSA) is 54.1 Å². The molecule has 6 nitrogen and oxygen atoms in total. The number of fused-ring (bicyclic) bond motifs is 7. The SMILES string of the molecule is CC(C)(C)c1ccc2c(c1)c1cc(C(C)(C)C)ccc1n2-c1ccc(-c2nc3ccc(B4OC(C)(C)C(C)(C)O4)cc3nc2-c2ccc(-n3c4ccc(C(C)(C)C)cc4c4cc(C(C)(C)C)ccc43)cc2)cc1. The Balaban J connectivity index is 1.06. The van der Waals surface area contributed by atoms with E-state index in [9.17, 15) is 0 Å². The van der Waals surface area contributed by atoms with Gasteiger partial charge < -0.3 is 18.4 Å². The molecule has 10 aromatic rings. The van der Waals surface area contributed by atoms with Crippen LogP contribution in [0.2, 0.25) is 0 Å². The fraction of sp³-hybridized carbons (Fsp3) is 0.333. The standard InChI is InChI=1S/C66H71BN4O2/c1-61(2,3)42-21-31-55-49(35-42)50-36-43(62(4,5)6)22-32-56(50)70(55)47-26-17-40(18-27-47)59-60(69-54-39-46(25-30-53(54)68-59)67-72-65(13,14)66(15,16)73-67)41-19-28-48(29-20-41)71-57-33-23-44(63(7,8)9)37-51(57)52-38-45(64(10,11)12)24-34-58(52)71/h17-39H,1-16H3. The van der Waals surface area contributed by atoms with Gasteiger partial charge in [-0.15, -0.1) is 0 Å². The minimum Gasteiger partial charge on any atom is -0.399 e. The first-order chi connectivity index (χ1) is 34.2. The maximum Gasteiger partial charge on any atom is 0.494 e. The highest BCUT2D eigenvalue weighted by atomic mass is 16.7. The average molecular weight is 963 g/mol. The number of aromatic nitrogens is 4. The third kappa shape index (κ3) is 8.37. The van der Waals surface area contributed by atoms with Crippen molar-refractivity contribution in [1.29, 1.82) is 0 Å². The first-order valence-electron chi connectivity index (χ1n) is 26.2. The highest BCUT2D eigenvalue weighted by molar-refractivity contribution is 6.62. The van der Waals surface area contributed by atoms with Crippen molar-refractivity contribution in [2.45, 2.75) is 144 Å². The van der Waals surface area contributed by atoms with Gasteiger partial charge in [-0.25, -0.2) is 9.97 Å². The molecule has 0 N–H and O–H groups in total. The van der Waals surface area contributed by atoms with Crippen molar-refractivity contribution in [3.63, 3.8) is 0 Å². The number of benzene rings is 7. The Kier molecular flexibility index (Phi) is 11.0. The van der Waals surface area contributed by atoms with E-state index in [1.54, 1.807) is 0 Å². The predicted molar refractivity (Wildman–Crippen MR) is 310 cm³/mol. The van der Waals surface area contributed by atoms with Crippen LogP contribution in [-0.4, -0.2) is 37.4 Å². The average Bonchev–Trinajstić information content (AvgIpc) is 3.91. The summed E-state index contributed by atoms with van der Waals surface area (Å²) in [6, 6.07) is 52.0. The van der Waals surface area contributed by atoms with E-state index >= 15 is 0 Å². The van der Waals surface area contributed by atoms with Crippen LogP contribution in [0.15, 0.2) is 140 Å². The largest absolute Gasteiger partial charge is 0.494 e. The Morgan fingerprint density at radius 1 is 0.370 bits per heavy atom. The van der Waals surface area contributed by atoms with E-state index < -0.39 is 18.3 Å². The molecule has 0 amide bonds. The lowest BCUT2D eigenvalue weighted by Gasteiger charge is -2.32. The van der Waals surface area contributed by atoms with Crippen molar-refractivity contribution < 1.29 is 9.31 Å². The van der Waals surface area contributed by atoms with Gasteiger partial charge >= 0.3 is 7.12 Å². The van der Waals surface area contributed by atoms with Gasteiger partial charge in [0.15, 0.2) is 0 Å². The van der Waals surface area contributed by atoms with Crippen molar-refractivity contribution in [3.8, 4) is 33.9 Å². The normalized spacial score (nSPS) is 15.5. The molecule has 3 aromatic heterocycles. The minimum absolute atomic E-state index is 0.0217. The lowest BCUT2D eigenvalue weighted by atomic mass is 9.79. The molecule has 1 saturated heterocycles. The van der Waals surface area contributed by atoms with Crippen LogP contribution in [0.4, 0.5) is 0 Å². The summed E-state index contributed by atoms with van der Waals surface area (Å²) in [7, 11) is -0.516. The lowest BCUT2D eigenvalue weighted by molar-refractivity contribution is 0.00578. The number of nitrogens with zero attached hydrogens (tertiary/aromatic N) is 4. The molecule has 7 heteroatoms. The molecule has 0 bridgehead atoms. The van der Waals surface area contributed by atoms with Crippen LogP contribution in [0.3, 0.4) is 0 Å².